The molecule has 0 bridgehead atoms. The number of halogens is 3. The molecule has 7 heteroatoms. The maximum atomic E-state index is 13.2. The van der Waals surface area contributed by atoms with Crippen LogP contribution < -0.4 is 5.32 Å². The molecule has 0 aliphatic heterocycles. The topological polar surface area (TPSA) is 46.9 Å². The SMILES string of the molecule is Cc1cc(C(=O)NC(CCc2ccccc2)C(F)(F)F)n(C)n1. The third-order valence-corrected chi connectivity index (χ3v) is 3.50. The van der Waals surface area contributed by atoms with Gasteiger partial charge >= 0.3 is 6.18 Å². The van der Waals surface area contributed by atoms with Gasteiger partial charge in [-0.1, -0.05) is 30.3 Å². The van der Waals surface area contributed by atoms with Gasteiger partial charge in [0.2, 0.25) is 0 Å². The Labute approximate surface area is 132 Å². The van der Waals surface area contributed by atoms with Crippen molar-refractivity contribution < 1.29 is 18.0 Å². The number of nitrogens with one attached hydrogen (secondary N) is 1. The number of alkyl halides is 3. The van der Waals surface area contributed by atoms with Crippen molar-refractivity contribution in [3.05, 3.63) is 53.3 Å². The highest BCUT2D eigenvalue weighted by Crippen LogP contribution is 2.24. The van der Waals surface area contributed by atoms with Crippen molar-refractivity contribution >= 4 is 5.91 Å². The van der Waals surface area contributed by atoms with Gasteiger partial charge in [0.1, 0.15) is 11.7 Å². The molecular formula is C16H18F3N3O. The van der Waals surface area contributed by atoms with Gasteiger partial charge in [0, 0.05) is 7.05 Å². The number of nitrogens with zero attached hydrogens (tertiary/aromatic N) is 2. The number of carbonyl (C=O) groups is 1. The van der Waals surface area contributed by atoms with E-state index in [9.17, 15) is 18.0 Å². The van der Waals surface area contributed by atoms with Gasteiger partial charge in [-0.25, -0.2) is 0 Å². The third kappa shape index (κ3) is 4.58. The summed E-state index contributed by atoms with van der Waals surface area (Å²) in [5, 5.41) is 6.04. The second-order valence-electron chi connectivity index (χ2n) is 5.39. The van der Waals surface area contributed by atoms with Crippen molar-refractivity contribution in [2.45, 2.75) is 32.0 Å². The Balaban J connectivity index is 2.07. The standard InChI is InChI=1S/C16H18F3N3O/c1-11-10-13(22(2)21-11)15(23)20-14(16(17,18)19)9-8-12-6-4-3-5-7-12/h3-7,10,14H,8-9H2,1-2H3,(H,20,23). The molecule has 2 rings (SSSR count). The first-order valence-electron chi connectivity index (χ1n) is 7.19. The van der Waals surface area contributed by atoms with Crippen LogP contribution in [-0.2, 0) is 13.5 Å². The molecule has 1 aromatic heterocycles. The molecule has 1 atom stereocenters. The Bertz CT molecular complexity index is 665. The molecule has 0 spiro atoms. The maximum absolute atomic E-state index is 13.2. The Morgan fingerprint density at radius 2 is 1.96 bits per heavy atom. The smallest absolute Gasteiger partial charge is 0.339 e. The van der Waals surface area contributed by atoms with Crippen LogP contribution in [0.3, 0.4) is 0 Å². The lowest BCUT2D eigenvalue weighted by molar-refractivity contribution is -0.154. The van der Waals surface area contributed by atoms with Gasteiger partial charge in [0.05, 0.1) is 5.69 Å². The summed E-state index contributed by atoms with van der Waals surface area (Å²) in [4.78, 5) is 12.1. The molecule has 1 heterocycles. The van der Waals surface area contributed by atoms with Gasteiger partial charge in [-0.3, -0.25) is 9.48 Å². The summed E-state index contributed by atoms with van der Waals surface area (Å²) in [6.07, 6.45) is -4.48. The number of rotatable bonds is 5. The van der Waals surface area contributed by atoms with Crippen LogP contribution in [0.2, 0.25) is 0 Å². The lowest BCUT2D eigenvalue weighted by atomic mass is 10.0. The fourth-order valence-corrected chi connectivity index (χ4v) is 2.33. The summed E-state index contributed by atoms with van der Waals surface area (Å²) < 4.78 is 40.8. The molecule has 0 saturated heterocycles. The Morgan fingerprint density at radius 3 is 2.48 bits per heavy atom. The second kappa shape index (κ2) is 6.85. The van der Waals surface area contributed by atoms with Crippen LogP contribution in [0.25, 0.3) is 0 Å². The number of aromatic nitrogens is 2. The zero-order valence-electron chi connectivity index (χ0n) is 12.9. The van der Waals surface area contributed by atoms with Gasteiger partial charge < -0.3 is 5.32 Å². The van der Waals surface area contributed by atoms with Crippen LogP contribution in [0.1, 0.15) is 28.2 Å². The number of aryl methyl sites for hydroxylation is 3. The molecule has 1 amide bonds. The lowest BCUT2D eigenvalue weighted by Crippen LogP contribution is -2.46. The van der Waals surface area contributed by atoms with E-state index in [2.05, 4.69) is 10.4 Å². The molecule has 2 aromatic rings. The number of hydrogen-bond donors (Lipinski definition) is 1. The lowest BCUT2D eigenvalue weighted by Gasteiger charge is -2.21. The summed E-state index contributed by atoms with van der Waals surface area (Å²) >= 11 is 0. The molecule has 0 fully saturated rings. The number of carbonyl (C=O) groups excluding carboxylic acids is 1. The minimum Gasteiger partial charge on any atom is -0.339 e. The maximum Gasteiger partial charge on any atom is 0.408 e. The molecule has 124 valence electrons. The van der Waals surface area contributed by atoms with Crippen molar-refractivity contribution in [1.29, 1.82) is 0 Å². The molecule has 1 unspecified atom stereocenters. The molecule has 0 radical (unpaired) electrons. The number of hydrogen-bond acceptors (Lipinski definition) is 2. The highest BCUT2D eigenvalue weighted by atomic mass is 19.4. The van der Waals surface area contributed by atoms with E-state index in [0.717, 1.165) is 5.56 Å². The predicted octanol–water partition coefficient (Wildman–Crippen LogP) is 3.02. The van der Waals surface area contributed by atoms with Gasteiger partial charge in [0.15, 0.2) is 0 Å². The fraction of sp³-hybridized carbons (Fsp3) is 0.375. The van der Waals surface area contributed by atoms with E-state index in [1.807, 2.05) is 0 Å². The first kappa shape index (κ1) is 17.1. The summed E-state index contributed by atoms with van der Waals surface area (Å²) in [5.74, 6) is -0.775. The molecular weight excluding hydrogens is 307 g/mol. The average Bonchev–Trinajstić information content (AvgIpc) is 2.82. The van der Waals surface area contributed by atoms with E-state index >= 15 is 0 Å². The predicted molar refractivity (Wildman–Crippen MR) is 80.0 cm³/mol. The van der Waals surface area contributed by atoms with Gasteiger partial charge in [-0.05, 0) is 31.4 Å². The highest BCUT2D eigenvalue weighted by Gasteiger charge is 2.40. The van der Waals surface area contributed by atoms with Crippen LogP contribution in [0, 0.1) is 6.92 Å². The first-order chi connectivity index (χ1) is 10.8. The normalized spacial score (nSPS) is 12.9. The number of benzene rings is 1. The van der Waals surface area contributed by atoms with Crippen LogP contribution in [0.15, 0.2) is 36.4 Å². The van der Waals surface area contributed by atoms with Crippen molar-refractivity contribution in [2.75, 3.05) is 0 Å². The van der Waals surface area contributed by atoms with Crippen molar-refractivity contribution in [2.24, 2.45) is 7.05 Å². The Kier molecular flexibility index (Phi) is 5.08. The highest BCUT2D eigenvalue weighted by molar-refractivity contribution is 5.92. The van der Waals surface area contributed by atoms with E-state index in [1.54, 1.807) is 37.3 Å². The number of amides is 1. The van der Waals surface area contributed by atoms with Crippen LogP contribution >= 0.6 is 0 Å². The third-order valence-electron chi connectivity index (χ3n) is 3.50. The molecule has 1 N–H and O–H groups in total. The monoisotopic (exact) mass is 325 g/mol. The van der Waals surface area contributed by atoms with Gasteiger partial charge in [-0.15, -0.1) is 0 Å². The Morgan fingerprint density at radius 1 is 1.30 bits per heavy atom. The second-order valence-corrected chi connectivity index (χ2v) is 5.39. The van der Waals surface area contributed by atoms with E-state index < -0.39 is 18.1 Å². The van der Waals surface area contributed by atoms with E-state index in [-0.39, 0.29) is 18.5 Å². The minimum absolute atomic E-state index is 0.108. The van der Waals surface area contributed by atoms with E-state index in [0.29, 0.717) is 5.69 Å². The van der Waals surface area contributed by atoms with Crippen LogP contribution in [0.5, 0.6) is 0 Å². The van der Waals surface area contributed by atoms with Crippen molar-refractivity contribution in [1.82, 2.24) is 15.1 Å². The van der Waals surface area contributed by atoms with E-state index in [1.165, 1.54) is 17.8 Å². The quantitative estimate of drug-likeness (QED) is 0.918. The summed E-state index contributed by atoms with van der Waals surface area (Å²) in [7, 11) is 1.52. The zero-order valence-corrected chi connectivity index (χ0v) is 12.9. The summed E-state index contributed by atoms with van der Waals surface area (Å²) in [6.45, 7) is 1.67. The molecule has 1 aromatic carbocycles. The fourth-order valence-electron chi connectivity index (χ4n) is 2.33. The molecule has 0 aliphatic rings. The Hall–Kier alpha value is -2.31. The summed E-state index contributed by atoms with van der Waals surface area (Å²) in [6, 6.07) is 8.44. The van der Waals surface area contributed by atoms with Gasteiger partial charge in [0.25, 0.3) is 5.91 Å². The van der Waals surface area contributed by atoms with Crippen molar-refractivity contribution in [3.8, 4) is 0 Å². The first-order valence-corrected chi connectivity index (χ1v) is 7.19. The largest absolute Gasteiger partial charge is 0.408 e. The van der Waals surface area contributed by atoms with Gasteiger partial charge in [-0.2, -0.15) is 18.3 Å². The average molecular weight is 325 g/mol. The van der Waals surface area contributed by atoms with Crippen molar-refractivity contribution in [3.63, 3.8) is 0 Å². The van der Waals surface area contributed by atoms with Crippen LogP contribution in [-0.4, -0.2) is 27.9 Å². The molecule has 23 heavy (non-hydrogen) atoms. The molecule has 4 nitrogen and oxygen atoms in total. The van der Waals surface area contributed by atoms with E-state index in [4.69, 9.17) is 0 Å². The zero-order chi connectivity index (χ0) is 17.0. The summed E-state index contributed by atoms with van der Waals surface area (Å²) in [5.41, 5.74) is 1.48. The van der Waals surface area contributed by atoms with Crippen LogP contribution in [0.4, 0.5) is 13.2 Å². The molecule has 0 saturated carbocycles. The molecule has 0 aliphatic carbocycles. The minimum atomic E-state index is -4.50.